The summed E-state index contributed by atoms with van der Waals surface area (Å²) in [6.45, 7) is 2.74. The fourth-order valence-corrected chi connectivity index (χ4v) is 2.78. The molecular weight excluding hydrogens is 264 g/mol. The lowest BCUT2D eigenvalue weighted by atomic mass is 10.1. The topological polar surface area (TPSA) is 35.5 Å². The lowest BCUT2D eigenvalue weighted by molar-refractivity contribution is -0.149. The van der Waals surface area contributed by atoms with Crippen LogP contribution in [0.4, 0.5) is 0 Å². The Hall–Kier alpha value is -1.35. The Labute approximate surface area is 127 Å². The normalized spacial score (nSPS) is 23.8. The van der Waals surface area contributed by atoms with Crippen molar-refractivity contribution < 1.29 is 14.3 Å². The highest BCUT2D eigenvalue weighted by atomic mass is 16.5. The fraction of sp³-hybridized carbons (Fsp3) is 0.611. The third kappa shape index (κ3) is 6.30. The molecule has 1 heterocycles. The van der Waals surface area contributed by atoms with Gasteiger partial charge in [-0.05, 0) is 38.2 Å². The molecule has 1 saturated heterocycles. The summed E-state index contributed by atoms with van der Waals surface area (Å²) in [6.07, 6.45) is 6.64. The van der Waals surface area contributed by atoms with Gasteiger partial charge in [-0.1, -0.05) is 36.8 Å². The van der Waals surface area contributed by atoms with Gasteiger partial charge in [-0.25, -0.2) is 0 Å². The highest BCUT2D eigenvalue weighted by molar-refractivity contribution is 5.69. The first-order valence-electron chi connectivity index (χ1n) is 8.09. The van der Waals surface area contributed by atoms with Crippen molar-refractivity contribution in [1.29, 1.82) is 0 Å². The van der Waals surface area contributed by atoms with Gasteiger partial charge in [0.25, 0.3) is 0 Å². The average Bonchev–Trinajstić information content (AvgIpc) is 2.55. The van der Waals surface area contributed by atoms with Crippen molar-refractivity contribution in [3.8, 4) is 0 Å². The Bertz CT molecular complexity index is 416. The predicted molar refractivity (Wildman–Crippen MR) is 83.1 cm³/mol. The van der Waals surface area contributed by atoms with Gasteiger partial charge in [-0.3, -0.25) is 4.79 Å². The zero-order valence-electron chi connectivity index (χ0n) is 12.9. The summed E-state index contributed by atoms with van der Waals surface area (Å²) in [5.41, 5.74) is 1.36. The number of ether oxygens (including phenoxy) is 2. The van der Waals surface area contributed by atoms with Crippen LogP contribution in [0, 0.1) is 0 Å². The number of hydrogen-bond acceptors (Lipinski definition) is 3. The monoisotopic (exact) mass is 290 g/mol. The summed E-state index contributed by atoms with van der Waals surface area (Å²) >= 11 is 0. The van der Waals surface area contributed by atoms with Crippen molar-refractivity contribution in [2.45, 2.75) is 64.1 Å². The third-order valence-corrected chi connectivity index (χ3v) is 3.89. The molecule has 2 rings (SSSR count). The molecule has 0 aliphatic carbocycles. The minimum Gasteiger partial charge on any atom is -0.463 e. The van der Waals surface area contributed by atoms with E-state index in [2.05, 4.69) is 24.3 Å². The first-order valence-corrected chi connectivity index (χ1v) is 8.09. The van der Waals surface area contributed by atoms with Crippen LogP contribution in [0.1, 0.15) is 51.0 Å². The quantitative estimate of drug-likeness (QED) is 0.609. The molecule has 1 aromatic rings. The van der Waals surface area contributed by atoms with E-state index < -0.39 is 0 Å². The molecule has 1 aliphatic rings. The first-order chi connectivity index (χ1) is 10.2. The van der Waals surface area contributed by atoms with Crippen LogP contribution in [0.15, 0.2) is 30.3 Å². The molecule has 1 fully saturated rings. The summed E-state index contributed by atoms with van der Waals surface area (Å²) in [4.78, 5) is 11.5. The zero-order chi connectivity index (χ0) is 14.9. The summed E-state index contributed by atoms with van der Waals surface area (Å²) in [6, 6.07) is 10.5. The van der Waals surface area contributed by atoms with Gasteiger partial charge >= 0.3 is 5.97 Å². The molecule has 2 unspecified atom stereocenters. The SMILES string of the molecule is CC1CC(OCCCc2ccccc2)CCCCC(=O)O1. The Morgan fingerprint density at radius 2 is 2.05 bits per heavy atom. The van der Waals surface area contributed by atoms with Gasteiger partial charge in [0.05, 0.1) is 6.10 Å². The first kappa shape index (κ1) is 16.0. The number of carbonyl (C=O) groups excluding carboxylic acids is 1. The number of carbonyl (C=O) groups is 1. The van der Waals surface area contributed by atoms with Gasteiger partial charge < -0.3 is 9.47 Å². The molecule has 3 heteroatoms. The molecular formula is C18H26O3. The third-order valence-electron chi connectivity index (χ3n) is 3.89. The molecule has 0 amide bonds. The van der Waals surface area contributed by atoms with Crippen LogP contribution >= 0.6 is 0 Å². The summed E-state index contributed by atoms with van der Waals surface area (Å²) in [5.74, 6) is -0.0628. The number of cyclic esters (lactones) is 1. The van der Waals surface area contributed by atoms with Crippen LogP contribution < -0.4 is 0 Å². The molecule has 0 N–H and O–H groups in total. The van der Waals surface area contributed by atoms with Gasteiger partial charge in [0, 0.05) is 19.4 Å². The highest BCUT2D eigenvalue weighted by Gasteiger charge is 2.19. The maximum Gasteiger partial charge on any atom is 0.306 e. The molecule has 1 aliphatic heterocycles. The second kappa shape index (κ2) is 8.83. The van der Waals surface area contributed by atoms with Crippen molar-refractivity contribution >= 4 is 5.97 Å². The van der Waals surface area contributed by atoms with E-state index in [1.165, 1.54) is 5.56 Å². The van der Waals surface area contributed by atoms with E-state index in [4.69, 9.17) is 9.47 Å². The summed E-state index contributed by atoms with van der Waals surface area (Å²) < 4.78 is 11.4. The molecule has 0 saturated carbocycles. The lowest BCUT2D eigenvalue weighted by Gasteiger charge is -2.20. The number of esters is 1. The Morgan fingerprint density at radius 3 is 2.86 bits per heavy atom. The molecule has 0 spiro atoms. The van der Waals surface area contributed by atoms with Crippen LogP contribution in [-0.4, -0.2) is 24.8 Å². The largest absolute Gasteiger partial charge is 0.463 e. The standard InChI is InChI=1S/C18H26O3/c1-15-14-17(11-5-6-12-18(19)21-15)20-13-7-10-16-8-3-2-4-9-16/h2-4,8-9,15,17H,5-7,10-14H2,1H3. The molecule has 3 nitrogen and oxygen atoms in total. The summed E-state index contributed by atoms with van der Waals surface area (Å²) in [7, 11) is 0. The van der Waals surface area contributed by atoms with Gasteiger partial charge in [0.2, 0.25) is 0 Å². The highest BCUT2D eigenvalue weighted by Crippen LogP contribution is 2.18. The lowest BCUT2D eigenvalue weighted by Crippen LogP contribution is -2.22. The van der Waals surface area contributed by atoms with Crippen molar-refractivity contribution in [3.05, 3.63) is 35.9 Å². The van der Waals surface area contributed by atoms with Crippen LogP contribution in [0.2, 0.25) is 0 Å². The fourth-order valence-electron chi connectivity index (χ4n) is 2.78. The maximum absolute atomic E-state index is 11.5. The zero-order valence-corrected chi connectivity index (χ0v) is 12.9. The van der Waals surface area contributed by atoms with E-state index in [1.54, 1.807) is 0 Å². The van der Waals surface area contributed by atoms with Crippen molar-refractivity contribution in [2.24, 2.45) is 0 Å². The molecule has 0 radical (unpaired) electrons. The smallest absolute Gasteiger partial charge is 0.306 e. The molecule has 1 aromatic carbocycles. The molecule has 116 valence electrons. The molecule has 21 heavy (non-hydrogen) atoms. The average molecular weight is 290 g/mol. The number of hydrogen-bond donors (Lipinski definition) is 0. The van der Waals surface area contributed by atoms with Crippen molar-refractivity contribution in [1.82, 2.24) is 0 Å². The Balaban J connectivity index is 1.69. The van der Waals surface area contributed by atoms with Gasteiger partial charge in [-0.15, -0.1) is 0 Å². The van der Waals surface area contributed by atoms with E-state index in [0.717, 1.165) is 45.1 Å². The second-order valence-electron chi connectivity index (χ2n) is 5.86. The second-order valence-corrected chi connectivity index (χ2v) is 5.86. The van der Waals surface area contributed by atoms with Crippen LogP contribution in [0.25, 0.3) is 0 Å². The van der Waals surface area contributed by atoms with Crippen molar-refractivity contribution in [2.75, 3.05) is 6.61 Å². The Morgan fingerprint density at radius 1 is 1.24 bits per heavy atom. The minimum atomic E-state index is -0.0628. The molecule has 0 aromatic heterocycles. The Kier molecular flexibility index (Phi) is 6.74. The van der Waals surface area contributed by atoms with Crippen molar-refractivity contribution in [3.63, 3.8) is 0 Å². The predicted octanol–water partition coefficient (Wildman–Crippen LogP) is 3.90. The van der Waals surface area contributed by atoms with Crippen LogP contribution in [0.3, 0.4) is 0 Å². The van der Waals surface area contributed by atoms with E-state index in [0.29, 0.717) is 6.42 Å². The van der Waals surface area contributed by atoms with Crippen LogP contribution in [-0.2, 0) is 20.7 Å². The van der Waals surface area contributed by atoms with Crippen LogP contribution in [0.5, 0.6) is 0 Å². The van der Waals surface area contributed by atoms with Gasteiger partial charge in [-0.2, -0.15) is 0 Å². The molecule has 2 atom stereocenters. The van der Waals surface area contributed by atoms with E-state index in [1.807, 2.05) is 13.0 Å². The van der Waals surface area contributed by atoms with E-state index in [9.17, 15) is 4.79 Å². The van der Waals surface area contributed by atoms with Gasteiger partial charge in [0.1, 0.15) is 6.10 Å². The number of rotatable bonds is 5. The molecule has 0 bridgehead atoms. The summed E-state index contributed by atoms with van der Waals surface area (Å²) in [5, 5.41) is 0. The minimum absolute atomic E-state index is 0.0327. The number of aryl methyl sites for hydroxylation is 1. The van der Waals surface area contributed by atoms with Gasteiger partial charge in [0.15, 0.2) is 0 Å². The van der Waals surface area contributed by atoms with E-state index >= 15 is 0 Å². The number of benzene rings is 1. The maximum atomic E-state index is 11.5. The van der Waals surface area contributed by atoms with E-state index in [-0.39, 0.29) is 18.2 Å².